The van der Waals surface area contributed by atoms with Gasteiger partial charge in [-0.3, -0.25) is 4.79 Å². The van der Waals surface area contributed by atoms with Crippen LogP contribution in [0.2, 0.25) is 0 Å². The first-order chi connectivity index (χ1) is 6.52. The van der Waals surface area contributed by atoms with Gasteiger partial charge in [0.25, 0.3) is 0 Å². The van der Waals surface area contributed by atoms with Gasteiger partial charge in [-0.25, -0.2) is 4.79 Å². The molecule has 1 amide bonds. The summed E-state index contributed by atoms with van der Waals surface area (Å²) in [6, 6.07) is -0.597. The molecule has 0 aliphatic carbocycles. The maximum atomic E-state index is 11.4. The minimum Gasteiger partial charge on any atom is -0.464 e. The molecule has 0 saturated heterocycles. The van der Waals surface area contributed by atoms with E-state index in [1.165, 1.54) is 0 Å². The van der Waals surface area contributed by atoms with Gasteiger partial charge in [-0.05, 0) is 18.9 Å². The zero-order valence-corrected chi connectivity index (χ0v) is 8.87. The molecular weight excluding hydrogens is 182 g/mol. The summed E-state index contributed by atoms with van der Waals surface area (Å²) >= 11 is 0. The Balaban J connectivity index is 4.36. The highest BCUT2D eigenvalue weighted by atomic mass is 16.5. The molecule has 0 spiro atoms. The zero-order chi connectivity index (χ0) is 11.1. The number of carbonyl (C=O) groups excluding carboxylic acids is 2. The Morgan fingerprint density at radius 3 is 2.43 bits per heavy atom. The maximum absolute atomic E-state index is 11.4. The molecule has 0 aromatic carbocycles. The summed E-state index contributed by atoms with van der Waals surface area (Å²) < 4.78 is 4.82. The van der Waals surface area contributed by atoms with Gasteiger partial charge < -0.3 is 10.1 Å². The van der Waals surface area contributed by atoms with E-state index in [0.29, 0.717) is 6.61 Å². The van der Waals surface area contributed by atoms with E-state index in [2.05, 4.69) is 11.9 Å². The second-order valence-corrected chi connectivity index (χ2v) is 3.19. The van der Waals surface area contributed by atoms with Gasteiger partial charge in [0.05, 0.1) is 6.61 Å². The SMILES string of the molecule is C=CC(=O)NC(C(=O)OCC)C(C)C. The van der Waals surface area contributed by atoms with E-state index in [0.717, 1.165) is 6.08 Å². The van der Waals surface area contributed by atoms with E-state index in [9.17, 15) is 9.59 Å². The van der Waals surface area contributed by atoms with Crippen molar-refractivity contribution in [3.05, 3.63) is 12.7 Å². The fraction of sp³-hybridized carbons (Fsp3) is 0.600. The van der Waals surface area contributed by atoms with Crippen LogP contribution in [0.5, 0.6) is 0 Å². The largest absolute Gasteiger partial charge is 0.464 e. The van der Waals surface area contributed by atoms with Crippen molar-refractivity contribution in [1.82, 2.24) is 5.32 Å². The van der Waals surface area contributed by atoms with Gasteiger partial charge in [0, 0.05) is 0 Å². The third-order valence-corrected chi connectivity index (χ3v) is 1.69. The number of carbonyl (C=O) groups is 2. The quantitative estimate of drug-likeness (QED) is 0.528. The van der Waals surface area contributed by atoms with Crippen molar-refractivity contribution < 1.29 is 14.3 Å². The smallest absolute Gasteiger partial charge is 0.328 e. The van der Waals surface area contributed by atoms with E-state index in [1.54, 1.807) is 6.92 Å². The van der Waals surface area contributed by atoms with Gasteiger partial charge in [0.2, 0.25) is 5.91 Å². The third-order valence-electron chi connectivity index (χ3n) is 1.69. The Hall–Kier alpha value is -1.32. The predicted octanol–water partition coefficient (Wildman–Crippen LogP) is 0.876. The summed E-state index contributed by atoms with van der Waals surface area (Å²) in [7, 11) is 0. The van der Waals surface area contributed by atoms with Crippen molar-refractivity contribution in [1.29, 1.82) is 0 Å². The molecule has 0 aliphatic rings. The Bertz CT molecular complexity index is 223. The highest BCUT2D eigenvalue weighted by Crippen LogP contribution is 2.03. The highest BCUT2D eigenvalue weighted by molar-refractivity contribution is 5.91. The van der Waals surface area contributed by atoms with Gasteiger partial charge in [-0.2, -0.15) is 0 Å². The minimum absolute atomic E-state index is 0.00190. The van der Waals surface area contributed by atoms with Crippen molar-refractivity contribution >= 4 is 11.9 Å². The molecule has 0 aromatic rings. The van der Waals surface area contributed by atoms with E-state index in [-0.39, 0.29) is 11.8 Å². The molecule has 0 aliphatic heterocycles. The summed E-state index contributed by atoms with van der Waals surface area (Å²) in [5.41, 5.74) is 0. The second-order valence-electron chi connectivity index (χ2n) is 3.19. The van der Waals surface area contributed by atoms with Crippen molar-refractivity contribution in [3.8, 4) is 0 Å². The van der Waals surface area contributed by atoms with Crippen LogP contribution in [0.1, 0.15) is 20.8 Å². The van der Waals surface area contributed by atoms with Crippen molar-refractivity contribution in [2.45, 2.75) is 26.8 Å². The zero-order valence-electron chi connectivity index (χ0n) is 8.87. The Labute approximate surface area is 84.3 Å². The first-order valence-electron chi connectivity index (χ1n) is 4.62. The Kier molecular flexibility index (Phi) is 5.60. The van der Waals surface area contributed by atoms with Crippen LogP contribution in [0.4, 0.5) is 0 Å². The fourth-order valence-electron chi connectivity index (χ4n) is 0.942. The van der Waals surface area contributed by atoms with Crippen LogP contribution < -0.4 is 5.32 Å². The average Bonchev–Trinajstić information content (AvgIpc) is 2.13. The summed E-state index contributed by atoms with van der Waals surface area (Å²) in [5, 5.41) is 2.52. The molecule has 0 bridgehead atoms. The van der Waals surface area contributed by atoms with Crippen LogP contribution in [0.25, 0.3) is 0 Å². The lowest BCUT2D eigenvalue weighted by atomic mass is 10.0. The fourth-order valence-corrected chi connectivity index (χ4v) is 0.942. The highest BCUT2D eigenvalue weighted by Gasteiger charge is 2.24. The number of rotatable bonds is 5. The number of amides is 1. The average molecular weight is 199 g/mol. The van der Waals surface area contributed by atoms with E-state index < -0.39 is 12.0 Å². The van der Waals surface area contributed by atoms with Crippen LogP contribution in [0.3, 0.4) is 0 Å². The lowest BCUT2D eigenvalue weighted by Gasteiger charge is -2.19. The molecule has 0 aromatic heterocycles. The standard InChI is InChI=1S/C10H17NO3/c1-5-8(12)11-9(7(3)4)10(13)14-6-2/h5,7,9H,1,6H2,2-4H3,(H,11,12). The van der Waals surface area contributed by atoms with E-state index in [4.69, 9.17) is 4.74 Å². The molecule has 1 atom stereocenters. The summed E-state index contributed by atoms with van der Waals surface area (Å²) in [6.45, 7) is 9.03. The molecule has 0 radical (unpaired) electrons. The molecule has 0 saturated carbocycles. The molecule has 14 heavy (non-hydrogen) atoms. The topological polar surface area (TPSA) is 55.4 Å². The number of ether oxygens (including phenoxy) is 1. The molecule has 80 valence electrons. The summed E-state index contributed by atoms with van der Waals surface area (Å²) in [6.07, 6.45) is 1.13. The number of esters is 1. The van der Waals surface area contributed by atoms with Crippen LogP contribution >= 0.6 is 0 Å². The molecule has 4 heteroatoms. The van der Waals surface area contributed by atoms with Crippen LogP contribution in [-0.2, 0) is 14.3 Å². The van der Waals surface area contributed by atoms with Crippen molar-refractivity contribution in [2.24, 2.45) is 5.92 Å². The Morgan fingerprint density at radius 2 is 2.07 bits per heavy atom. The molecule has 1 unspecified atom stereocenters. The summed E-state index contributed by atoms with van der Waals surface area (Å²) in [4.78, 5) is 22.4. The first-order valence-corrected chi connectivity index (χ1v) is 4.62. The van der Waals surface area contributed by atoms with Crippen molar-refractivity contribution in [2.75, 3.05) is 6.61 Å². The number of hydrogen-bond donors (Lipinski definition) is 1. The minimum atomic E-state index is -0.597. The first kappa shape index (κ1) is 12.7. The monoisotopic (exact) mass is 199 g/mol. The molecular formula is C10H17NO3. The lowest BCUT2D eigenvalue weighted by Crippen LogP contribution is -2.44. The second kappa shape index (κ2) is 6.18. The van der Waals surface area contributed by atoms with Gasteiger partial charge in [0.1, 0.15) is 6.04 Å². The number of hydrogen-bond acceptors (Lipinski definition) is 3. The van der Waals surface area contributed by atoms with Gasteiger partial charge >= 0.3 is 5.97 Å². The van der Waals surface area contributed by atoms with Crippen molar-refractivity contribution in [3.63, 3.8) is 0 Å². The van der Waals surface area contributed by atoms with Gasteiger partial charge in [-0.15, -0.1) is 0 Å². The molecule has 4 nitrogen and oxygen atoms in total. The van der Waals surface area contributed by atoms with Crippen LogP contribution in [0.15, 0.2) is 12.7 Å². The predicted molar refractivity (Wildman–Crippen MR) is 53.6 cm³/mol. The molecule has 0 rings (SSSR count). The molecule has 1 N–H and O–H groups in total. The normalized spacial score (nSPS) is 12.0. The lowest BCUT2D eigenvalue weighted by molar-refractivity contribution is -0.148. The van der Waals surface area contributed by atoms with E-state index >= 15 is 0 Å². The Morgan fingerprint density at radius 1 is 1.50 bits per heavy atom. The van der Waals surface area contributed by atoms with Crippen LogP contribution in [0, 0.1) is 5.92 Å². The summed E-state index contributed by atoms with van der Waals surface area (Å²) in [5.74, 6) is -0.771. The van der Waals surface area contributed by atoms with Gasteiger partial charge in [-0.1, -0.05) is 20.4 Å². The molecule has 0 heterocycles. The number of nitrogens with one attached hydrogen (secondary N) is 1. The maximum Gasteiger partial charge on any atom is 0.328 e. The van der Waals surface area contributed by atoms with Crippen LogP contribution in [-0.4, -0.2) is 24.5 Å². The third kappa shape index (κ3) is 4.07. The van der Waals surface area contributed by atoms with E-state index in [1.807, 2.05) is 13.8 Å². The van der Waals surface area contributed by atoms with Gasteiger partial charge in [0.15, 0.2) is 0 Å². The molecule has 0 fully saturated rings.